The summed E-state index contributed by atoms with van der Waals surface area (Å²) in [4.78, 5) is 19.8. The average molecular weight is 304 g/mol. The predicted molar refractivity (Wildman–Crippen MR) is 84.3 cm³/mol. The Morgan fingerprint density at radius 3 is 2.77 bits per heavy atom. The highest BCUT2D eigenvalue weighted by Crippen LogP contribution is 2.27. The van der Waals surface area contributed by atoms with Crippen molar-refractivity contribution < 1.29 is 4.74 Å². The Kier molecular flexibility index (Phi) is 4.29. The quantitative estimate of drug-likeness (QED) is 0.941. The second kappa shape index (κ2) is 6.20. The van der Waals surface area contributed by atoms with E-state index < -0.39 is 0 Å². The van der Waals surface area contributed by atoms with E-state index in [4.69, 9.17) is 9.84 Å². The number of aromatic amines is 1. The van der Waals surface area contributed by atoms with Crippen LogP contribution in [0.15, 0.2) is 11.0 Å². The number of aromatic nitrogens is 4. The molecule has 0 aliphatic carbocycles. The lowest BCUT2D eigenvalue weighted by molar-refractivity contribution is 0.0832. The fourth-order valence-corrected chi connectivity index (χ4v) is 3.31. The smallest absolute Gasteiger partial charge is 0.276 e. The molecule has 6 nitrogen and oxygen atoms in total. The Labute approximate surface area is 129 Å². The van der Waals surface area contributed by atoms with Crippen LogP contribution >= 0.6 is 0 Å². The van der Waals surface area contributed by atoms with E-state index in [-0.39, 0.29) is 11.5 Å². The molecule has 0 radical (unpaired) electrons. The van der Waals surface area contributed by atoms with Gasteiger partial charge in [-0.25, -0.2) is 9.50 Å². The van der Waals surface area contributed by atoms with Gasteiger partial charge in [0.2, 0.25) is 0 Å². The SMILES string of the molecule is CCC(c1nn2c(C3CCOCC3)ncc2c(=O)[nH]1)C(C)C. The number of nitrogens with one attached hydrogen (secondary N) is 1. The van der Waals surface area contributed by atoms with E-state index in [0.29, 0.717) is 17.4 Å². The van der Waals surface area contributed by atoms with Crippen LogP contribution in [0, 0.1) is 5.92 Å². The monoisotopic (exact) mass is 304 g/mol. The van der Waals surface area contributed by atoms with Gasteiger partial charge < -0.3 is 9.72 Å². The van der Waals surface area contributed by atoms with Crippen LogP contribution in [-0.4, -0.2) is 32.8 Å². The number of imidazole rings is 1. The zero-order chi connectivity index (χ0) is 15.7. The molecule has 3 rings (SSSR count). The molecular weight excluding hydrogens is 280 g/mol. The minimum absolute atomic E-state index is 0.102. The van der Waals surface area contributed by atoms with Crippen molar-refractivity contribution in [1.29, 1.82) is 0 Å². The largest absolute Gasteiger partial charge is 0.381 e. The molecule has 0 bridgehead atoms. The average Bonchev–Trinajstić information content (AvgIpc) is 2.93. The predicted octanol–water partition coefficient (Wildman–Crippen LogP) is 2.46. The van der Waals surface area contributed by atoms with Gasteiger partial charge in [0.1, 0.15) is 11.6 Å². The zero-order valence-corrected chi connectivity index (χ0v) is 13.5. The van der Waals surface area contributed by atoms with E-state index >= 15 is 0 Å². The van der Waals surface area contributed by atoms with Crippen molar-refractivity contribution >= 4 is 5.52 Å². The Hall–Kier alpha value is -1.69. The first-order chi connectivity index (χ1) is 10.6. The van der Waals surface area contributed by atoms with E-state index in [1.54, 1.807) is 10.7 Å². The topological polar surface area (TPSA) is 72.3 Å². The molecule has 6 heteroatoms. The molecule has 2 aromatic heterocycles. The number of hydrogen-bond donors (Lipinski definition) is 1. The molecule has 2 aromatic rings. The van der Waals surface area contributed by atoms with E-state index in [1.165, 1.54) is 0 Å². The molecule has 1 aliphatic rings. The van der Waals surface area contributed by atoms with Gasteiger partial charge in [0.25, 0.3) is 5.56 Å². The van der Waals surface area contributed by atoms with Gasteiger partial charge in [-0.05, 0) is 25.2 Å². The standard InChI is InChI=1S/C16H24N4O2/c1-4-12(10(2)3)14-18-16(21)13-9-17-15(20(13)19-14)11-5-7-22-8-6-11/h9-12H,4-8H2,1-3H3,(H,18,19,21). The Bertz CT molecular complexity index is 698. The molecule has 1 unspecified atom stereocenters. The highest BCUT2D eigenvalue weighted by molar-refractivity contribution is 5.42. The summed E-state index contributed by atoms with van der Waals surface area (Å²) >= 11 is 0. The number of nitrogens with zero attached hydrogens (tertiary/aromatic N) is 3. The van der Waals surface area contributed by atoms with E-state index in [0.717, 1.165) is 44.1 Å². The highest BCUT2D eigenvalue weighted by Gasteiger charge is 2.24. The molecule has 1 atom stereocenters. The van der Waals surface area contributed by atoms with E-state index in [2.05, 4.69) is 30.7 Å². The van der Waals surface area contributed by atoms with Gasteiger partial charge in [0.15, 0.2) is 5.52 Å². The van der Waals surface area contributed by atoms with Crippen LogP contribution in [0.5, 0.6) is 0 Å². The zero-order valence-electron chi connectivity index (χ0n) is 13.5. The fourth-order valence-electron chi connectivity index (χ4n) is 3.31. The summed E-state index contributed by atoms with van der Waals surface area (Å²) in [6.07, 6.45) is 4.46. The Morgan fingerprint density at radius 1 is 1.41 bits per heavy atom. The van der Waals surface area contributed by atoms with Crippen molar-refractivity contribution in [2.75, 3.05) is 13.2 Å². The summed E-state index contributed by atoms with van der Waals surface area (Å²) in [5, 5.41) is 4.72. The van der Waals surface area contributed by atoms with E-state index in [1.807, 2.05) is 0 Å². The molecule has 22 heavy (non-hydrogen) atoms. The van der Waals surface area contributed by atoms with Crippen molar-refractivity contribution in [3.63, 3.8) is 0 Å². The minimum atomic E-state index is -0.102. The lowest BCUT2D eigenvalue weighted by Gasteiger charge is -2.21. The number of H-pyrrole nitrogens is 1. The van der Waals surface area contributed by atoms with Gasteiger partial charge >= 0.3 is 0 Å². The number of rotatable bonds is 4. The lowest BCUT2D eigenvalue weighted by Crippen LogP contribution is -2.23. The van der Waals surface area contributed by atoms with Crippen LogP contribution in [0.2, 0.25) is 0 Å². The maximum Gasteiger partial charge on any atom is 0.276 e. The molecule has 120 valence electrons. The minimum Gasteiger partial charge on any atom is -0.381 e. The normalized spacial score (nSPS) is 18.2. The van der Waals surface area contributed by atoms with Crippen LogP contribution in [0.1, 0.15) is 63.5 Å². The molecule has 0 saturated carbocycles. The molecule has 3 heterocycles. The first kappa shape index (κ1) is 15.2. The van der Waals surface area contributed by atoms with Crippen LogP contribution in [0.4, 0.5) is 0 Å². The van der Waals surface area contributed by atoms with Gasteiger partial charge in [0, 0.05) is 25.0 Å². The summed E-state index contributed by atoms with van der Waals surface area (Å²) < 4.78 is 7.18. The van der Waals surface area contributed by atoms with E-state index in [9.17, 15) is 4.79 Å². The van der Waals surface area contributed by atoms with Crippen molar-refractivity contribution in [2.24, 2.45) is 5.92 Å². The van der Waals surface area contributed by atoms with Crippen molar-refractivity contribution in [1.82, 2.24) is 19.6 Å². The maximum absolute atomic E-state index is 12.4. The maximum atomic E-state index is 12.4. The van der Waals surface area contributed by atoms with Gasteiger partial charge in [-0.1, -0.05) is 20.8 Å². The first-order valence-electron chi connectivity index (χ1n) is 8.17. The third-order valence-corrected chi connectivity index (χ3v) is 4.63. The summed E-state index contributed by atoms with van der Waals surface area (Å²) in [5.41, 5.74) is 0.429. The summed E-state index contributed by atoms with van der Waals surface area (Å²) in [5.74, 6) is 2.66. The number of hydrogen-bond acceptors (Lipinski definition) is 4. The summed E-state index contributed by atoms with van der Waals surface area (Å²) in [6.45, 7) is 7.94. The molecule has 0 amide bonds. The highest BCUT2D eigenvalue weighted by atomic mass is 16.5. The molecular formula is C16H24N4O2. The van der Waals surface area contributed by atoms with Crippen molar-refractivity contribution in [2.45, 2.75) is 51.9 Å². The van der Waals surface area contributed by atoms with Crippen LogP contribution < -0.4 is 5.56 Å². The van der Waals surface area contributed by atoms with Gasteiger partial charge in [-0.2, -0.15) is 5.10 Å². The second-order valence-electron chi connectivity index (χ2n) is 6.40. The summed E-state index contributed by atoms with van der Waals surface area (Å²) in [7, 11) is 0. The molecule has 1 aliphatic heterocycles. The lowest BCUT2D eigenvalue weighted by atomic mass is 9.93. The molecule has 0 aromatic carbocycles. The van der Waals surface area contributed by atoms with Gasteiger partial charge in [-0.15, -0.1) is 0 Å². The molecule has 0 spiro atoms. The Balaban J connectivity index is 2.08. The third-order valence-electron chi connectivity index (χ3n) is 4.63. The first-order valence-corrected chi connectivity index (χ1v) is 8.17. The van der Waals surface area contributed by atoms with Crippen LogP contribution in [-0.2, 0) is 4.74 Å². The Morgan fingerprint density at radius 2 is 2.14 bits per heavy atom. The summed E-state index contributed by atoms with van der Waals surface area (Å²) in [6, 6.07) is 0. The number of ether oxygens (including phenoxy) is 1. The number of fused-ring (bicyclic) bond motifs is 1. The molecule has 1 fully saturated rings. The van der Waals surface area contributed by atoms with Gasteiger partial charge in [-0.3, -0.25) is 4.79 Å². The van der Waals surface area contributed by atoms with Crippen LogP contribution in [0.3, 0.4) is 0 Å². The van der Waals surface area contributed by atoms with Gasteiger partial charge in [0.05, 0.1) is 6.20 Å². The third kappa shape index (κ3) is 2.67. The fraction of sp³-hybridized carbons (Fsp3) is 0.688. The molecule has 1 N–H and O–H groups in total. The van der Waals surface area contributed by atoms with Crippen molar-refractivity contribution in [3.8, 4) is 0 Å². The molecule has 1 saturated heterocycles. The van der Waals surface area contributed by atoms with Crippen LogP contribution in [0.25, 0.3) is 5.52 Å². The van der Waals surface area contributed by atoms with Crippen molar-refractivity contribution in [3.05, 3.63) is 28.2 Å². The second-order valence-corrected chi connectivity index (χ2v) is 6.40.